The van der Waals surface area contributed by atoms with Crippen LogP contribution in [0.15, 0.2) is 23.8 Å². The molecule has 0 amide bonds. The number of esters is 1. The van der Waals surface area contributed by atoms with Crippen LogP contribution in [0.5, 0.6) is 0 Å². The molecular weight excluding hydrogens is 262 g/mol. The lowest BCUT2D eigenvalue weighted by Crippen LogP contribution is -2.28. The first-order valence-corrected chi connectivity index (χ1v) is 5.57. The molecule has 9 heteroatoms. The lowest BCUT2D eigenvalue weighted by Gasteiger charge is -2.13. The molecule has 1 heterocycles. The number of hydrogen-bond donors (Lipinski definition) is 4. The van der Waals surface area contributed by atoms with Crippen LogP contribution >= 0.6 is 0 Å². The average Bonchev–Trinajstić information content (AvgIpc) is 2.38. The minimum absolute atomic E-state index is 0.0223. The van der Waals surface area contributed by atoms with Crippen molar-refractivity contribution in [2.24, 2.45) is 11.5 Å². The number of ether oxygens (including phenoxy) is 1. The maximum Gasteiger partial charge on any atom is 0.335 e. The molecule has 0 saturated heterocycles. The summed E-state index contributed by atoms with van der Waals surface area (Å²) in [5.74, 6) is -1.41. The van der Waals surface area contributed by atoms with Gasteiger partial charge in [-0.25, -0.2) is 19.7 Å². The Balaban J connectivity index is 2.93. The molecule has 1 rings (SSSR count). The van der Waals surface area contributed by atoms with Crippen LogP contribution in [0.1, 0.15) is 25.8 Å². The number of amidine groups is 2. The van der Waals surface area contributed by atoms with Gasteiger partial charge in [0.1, 0.15) is 24.3 Å². The zero-order chi connectivity index (χ0) is 15.3. The molecule has 0 radical (unpaired) electrons. The van der Waals surface area contributed by atoms with Gasteiger partial charge in [0.25, 0.3) is 0 Å². The van der Waals surface area contributed by atoms with Crippen LogP contribution in [0, 0.1) is 10.8 Å². The highest BCUT2D eigenvalue weighted by molar-refractivity contribution is 6.23. The van der Waals surface area contributed by atoms with Crippen LogP contribution in [0.4, 0.5) is 0 Å². The Hall–Kier alpha value is -2.84. The van der Waals surface area contributed by atoms with Gasteiger partial charge in [-0.15, -0.1) is 0 Å². The average molecular weight is 277 g/mol. The molecule has 20 heavy (non-hydrogen) atoms. The molecule has 0 aliphatic carbocycles. The topological polar surface area (TPSA) is 165 Å². The number of nitrogens with one attached hydrogen (secondary N) is 2. The Morgan fingerprint density at radius 1 is 1.25 bits per heavy atom. The quantitative estimate of drug-likeness (QED) is 0.247. The second-order valence-electron chi connectivity index (χ2n) is 3.87. The summed E-state index contributed by atoms with van der Waals surface area (Å²) >= 11 is 0. The maximum absolute atomic E-state index is 11.9. The number of nitrogens with two attached hydrogens (primary N) is 2. The molecule has 9 nitrogen and oxygen atoms in total. The van der Waals surface area contributed by atoms with Crippen LogP contribution in [-0.4, -0.2) is 32.6 Å². The summed E-state index contributed by atoms with van der Waals surface area (Å²) in [6, 6.07) is 0. The van der Waals surface area contributed by atoms with Gasteiger partial charge in [0.05, 0.1) is 5.57 Å². The zero-order valence-corrected chi connectivity index (χ0v) is 11.0. The largest absolute Gasteiger partial charge is 0.451 e. The number of nitrogens with zero attached hydrogens (tertiary/aromatic N) is 3. The van der Waals surface area contributed by atoms with Crippen molar-refractivity contribution in [2.75, 3.05) is 0 Å². The van der Waals surface area contributed by atoms with E-state index < -0.39 is 23.7 Å². The summed E-state index contributed by atoms with van der Waals surface area (Å²) in [6.45, 7) is 2.96. The van der Waals surface area contributed by atoms with Gasteiger partial charge in [0, 0.05) is 5.57 Å². The molecule has 0 saturated carbocycles. The Morgan fingerprint density at radius 3 is 2.20 bits per heavy atom. The van der Waals surface area contributed by atoms with Gasteiger partial charge in [-0.3, -0.25) is 10.8 Å². The smallest absolute Gasteiger partial charge is 0.335 e. The number of rotatable bonds is 5. The number of carbonyl (C=O) groups is 1. The highest BCUT2D eigenvalue weighted by atomic mass is 16.5. The Morgan fingerprint density at radius 2 is 1.75 bits per heavy atom. The van der Waals surface area contributed by atoms with E-state index in [9.17, 15) is 4.79 Å². The summed E-state index contributed by atoms with van der Waals surface area (Å²) in [4.78, 5) is 23.3. The minimum atomic E-state index is -0.752. The first-order valence-electron chi connectivity index (χ1n) is 5.57. The van der Waals surface area contributed by atoms with E-state index in [1.165, 1.54) is 19.6 Å². The highest BCUT2D eigenvalue weighted by Crippen LogP contribution is 2.15. The lowest BCUT2D eigenvalue weighted by molar-refractivity contribution is -0.144. The van der Waals surface area contributed by atoms with E-state index in [-0.39, 0.29) is 17.0 Å². The molecule has 0 aliphatic heterocycles. The maximum atomic E-state index is 11.9. The summed E-state index contributed by atoms with van der Waals surface area (Å²) in [6.07, 6.45) is 1.86. The van der Waals surface area contributed by atoms with Gasteiger partial charge in [-0.1, -0.05) is 0 Å². The molecular formula is C11H15N7O2. The summed E-state index contributed by atoms with van der Waals surface area (Å²) in [7, 11) is 0. The number of carbonyl (C=O) groups excluding carboxylic acids is 1. The third-order valence-corrected chi connectivity index (χ3v) is 2.38. The zero-order valence-electron chi connectivity index (χ0n) is 11.0. The third kappa shape index (κ3) is 3.57. The standard InChI is InChI=1S/C11H15N7O2/c1-5(7(8(12)13)9(14)15)11(19)20-6(2)10-17-3-16-4-18-10/h3-4,6H,1-2H3,(H3,12,13)(H3,14,15). The molecule has 106 valence electrons. The molecule has 1 atom stereocenters. The Bertz CT molecular complexity index is 551. The Kier molecular flexibility index (Phi) is 4.84. The molecule has 1 aromatic rings. The normalized spacial score (nSPS) is 11.3. The molecule has 0 aromatic carbocycles. The van der Waals surface area contributed by atoms with Gasteiger partial charge >= 0.3 is 5.97 Å². The number of aromatic nitrogens is 3. The summed E-state index contributed by atoms with van der Waals surface area (Å²) in [5, 5.41) is 14.6. The minimum Gasteiger partial charge on any atom is -0.451 e. The van der Waals surface area contributed by atoms with Crippen molar-refractivity contribution in [1.82, 2.24) is 15.0 Å². The monoisotopic (exact) mass is 277 g/mol. The first-order chi connectivity index (χ1) is 9.34. The van der Waals surface area contributed by atoms with Gasteiger partial charge < -0.3 is 16.2 Å². The van der Waals surface area contributed by atoms with Gasteiger partial charge in [-0.05, 0) is 13.8 Å². The van der Waals surface area contributed by atoms with Crippen LogP contribution in [-0.2, 0) is 9.53 Å². The summed E-state index contributed by atoms with van der Waals surface area (Å²) in [5.41, 5.74) is 10.4. The molecule has 1 aromatic heterocycles. The van der Waals surface area contributed by atoms with E-state index >= 15 is 0 Å². The third-order valence-electron chi connectivity index (χ3n) is 2.38. The van der Waals surface area contributed by atoms with Crippen LogP contribution in [0.25, 0.3) is 0 Å². The second kappa shape index (κ2) is 6.36. The van der Waals surface area contributed by atoms with E-state index in [2.05, 4.69) is 15.0 Å². The fraction of sp³-hybridized carbons (Fsp3) is 0.273. The van der Waals surface area contributed by atoms with E-state index in [1.807, 2.05) is 0 Å². The van der Waals surface area contributed by atoms with Crippen molar-refractivity contribution < 1.29 is 9.53 Å². The molecule has 0 bridgehead atoms. The molecule has 0 spiro atoms. The molecule has 6 N–H and O–H groups in total. The highest BCUT2D eigenvalue weighted by Gasteiger charge is 2.20. The van der Waals surface area contributed by atoms with E-state index in [0.29, 0.717) is 0 Å². The fourth-order valence-corrected chi connectivity index (χ4v) is 1.41. The second-order valence-corrected chi connectivity index (χ2v) is 3.87. The summed E-state index contributed by atoms with van der Waals surface area (Å²) < 4.78 is 5.13. The molecule has 0 aliphatic rings. The number of hydrogen-bond acceptors (Lipinski definition) is 7. The van der Waals surface area contributed by atoms with Crippen molar-refractivity contribution in [3.05, 3.63) is 29.6 Å². The predicted octanol–water partition coefficient (Wildman–Crippen LogP) is -0.336. The van der Waals surface area contributed by atoms with Crippen molar-refractivity contribution in [3.63, 3.8) is 0 Å². The van der Waals surface area contributed by atoms with Crippen LogP contribution < -0.4 is 11.5 Å². The fourth-order valence-electron chi connectivity index (χ4n) is 1.41. The van der Waals surface area contributed by atoms with Gasteiger partial charge in [-0.2, -0.15) is 0 Å². The van der Waals surface area contributed by atoms with Gasteiger partial charge in [0.2, 0.25) is 0 Å². The van der Waals surface area contributed by atoms with Crippen LogP contribution in [0.3, 0.4) is 0 Å². The van der Waals surface area contributed by atoms with E-state index in [0.717, 1.165) is 0 Å². The SMILES string of the molecule is CC(C(=O)OC(C)c1ncncn1)=C(C(=N)N)C(=N)N. The molecule has 0 fully saturated rings. The Labute approximate surface area is 115 Å². The van der Waals surface area contributed by atoms with Crippen LogP contribution in [0.2, 0.25) is 0 Å². The lowest BCUT2D eigenvalue weighted by atomic mass is 10.1. The van der Waals surface area contributed by atoms with Crippen molar-refractivity contribution in [2.45, 2.75) is 20.0 Å². The molecule has 1 unspecified atom stereocenters. The van der Waals surface area contributed by atoms with Crippen molar-refractivity contribution in [1.29, 1.82) is 10.8 Å². The van der Waals surface area contributed by atoms with E-state index in [4.69, 9.17) is 27.0 Å². The van der Waals surface area contributed by atoms with Gasteiger partial charge in [0.15, 0.2) is 11.9 Å². The predicted molar refractivity (Wildman–Crippen MR) is 70.9 cm³/mol. The van der Waals surface area contributed by atoms with E-state index in [1.54, 1.807) is 6.92 Å². The van der Waals surface area contributed by atoms with Crippen molar-refractivity contribution >= 4 is 17.6 Å². The first kappa shape index (κ1) is 15.2. The van der Waals surface area contributed by atoms with Crippen molar-refractivity contribution in [3.8, 4) is 0 Å².